The minimum Gasteiger partial charge on any atom is -0.346 e. The molecule has 2 amide bonds. The highest BCUT2D eigenvalue weighted by atomic mass is 35.5. The highest BCUT2D eigenvalue weighted by Gasteiger charge is 2.30. The smallest absolute Gasteiger partial charge is 0.242 e. The molecular formula is C16H25ClN4O2. The number of nitrogens with zero attached hydrogens (tertiary/aromatic N) is 2. The minimum absolute atomic E-state index is 0. The second kappa shape index (κ2) is 8.84. The number of carbonyl (C=O) groups excluding carboxylic acids is 2. The highest BCUT2D eigenvalue weighted by molar-refractivity contribution is 5.87. The van der Waals surface area contributed by atoms with Gasteiger partial charge in [-0.15, -0.1) is 12.4 Å². The van der Waals surface area contributed by atoms with Crippen LogP contribution in [-0.4, -0.2) is 40.8 Å². The average molecular weight is 341 g/mol. The number of hydrogen-bond donors (Lipinski definition) is 2. The fraction of sp³-hybridized carbons (Fsp3) is 0.562. The lowest BCUT2D eigenvalue weighted by Gasteiger charge is -2.25. The van der Waals surface area contributed by atoms with Gasteiger partial charge >= 0.3 is 0 Å². The van der Waals surface area contributed by atoms with E-state index in [9.17, 15) is 9.59 Å². The summed E-state index contributed by atoms with van der Waals surface area (Å²) in [6.07, 6.45) is 5.41. The Labute approximate surface area is 143 Å². The normalized spacial score (nSPS) is 18.4. The molecule has 1 aromatic heterocycles. The molecule has 2 atom stereocenters. The summed E-state index contributed by atoms with van der Waals surface area (Å²) >= 11 is 0. The number of hydrogen-bond acceptors (Lipinski definition) is 4. The van der Waals surface area contributed by atoms with Crippen LogP contribution in [0, 0.1) is 5.92 Å². The maximum absolute atomic E-state index is 12.4. The van der Waals surface area contributed by atoms with Crippen molar-refractivity contribution >= 4 is 24.2 Å². The molecule has 2 rings (SSSR count). The van der Waals surface area contributed by atoms with Crippen LogP contribution >= 0.6 is 12.4 Å². The number of likely N-dealkylation sites (tertiary alicyclic amines) is 1. The predicted molar refractivity (Wildman–Crippen MR) is 91.0 cm³/mol. The molecule has 1 unspecified atom stereocenters. The van der Waals surface area contributed by atoms with Crippen LogP contribution in [0.15, 0.2) is 24.5 Å². The van der Waals surface area contributed by atoms with Gasteiger partial charge < -0.3 is 16.0 Å². The summed E-state index contributed by atoms with van der Waals surface area (Å²) in [5, 5.41) is 2.64. The van der Waals surface area contributed by atoms with Gasteiger partial charge in [0, 0.05) is 18.9 Å². The second-order valence-corrected chi connectivity index (χ2v) is 6.02. The van der Waals surface area contributed by atoms with Gasteiger partial charge in [-0.2, -0.15) is 0 Å². The quantitative estimate of drug-likeness (QED) is 0.844. The Morgan fingerprint density at radius 3 is 2.83 bits per heavy atom. The molecule has 1 saturated heterocycles. The lowest BCUT2D eigenvalue weighted by Crippen LogP contribution is -2.47. The van der Waals surface area contributed by atoms with Crippen LogP contribution in [0.2, 0.25) is 0 Å². The summed E-state index contributed by atoms with van der Waals surface area (Å²) in [7, 11) is 0. The Balaban J connectivity index is 0.00000264. The highest BCUT2D eigenvalue weighted by Crippen LogP contribution is 2.31. The van der Waals surface area contributed by atoms with Gasteiger partial charge in [0.2, 0.25) is 11.8 Å². The zero-order valence-electron chi connectivity index (χ0n) is 13.6. The molecule has 0 saturated carbocycles. The molecule has 1 fully saturated rings. The van der Waals surface area contributed by atoms with Crippen LogP contribution in [0.5, 0.6) is 0 Å². The Morgan fingerprint density at radius 1 is 1.48 bits per heavy atom. The third-order valence-corrected chi connectivity index (χ3v) is 4.08. The summed E-state index contributed by atoms with van der Waals surface area (Å²) in [6, 6.07) is 3.33. The zero-order valence-corrected chi connectivity index (χ0v) is 14.4. The lowest BCUT2D eigenvalue weighted by molar-refractivity contribution is -0.134. The Bertz CT molecular complexity index is 524. The van der Waals surface area contributed by atoms with Crippen LogP contribution < -0.4 is 11.1 Å². The van der Waals surface area contributed by atoms with E-state index < -0.39 is 6.04 Å². The average Bonchev–Trinajstić information content (AvgIpc) is 3.01. The molecule has 0 aliphatic carbocycles. The first kappa shape index (κ1) is 19.4. The Morgan fingerprint density at radius 2 is 2.22 bits per heavy atom. The number of halogens is 1. The number of nitrogens with one attached hydrogen (secondary N) is 1. The van der Waals surface area contributed by atoms with E-state index in [2.05, 4.69) is 10.3 Å². The second-order valence-electron chi connectivity index (χ2n) is 6.02. The molecule has 0 spiro atoms. The maximum atomic E-state index is 12.4. The van der Waals surface area contributed by atoms with E-state index in [1.165, 1.54) is 0 Å². The Kier molecular flexibility index (Phi) is 7.45. The number of amides is 2. The van der Waals surface area contributed by atoms with Crippen molar-refractivity contribution in [2.75, 3.05) is 13.1 Å². The van der Waals surface area contributed by atoms with Gasteiger partial charge in [0.05, 0.1) is 18.6 Å². The maximum Gasteiger partial charge on any atom is 0.242 e. The van der Waals surface area contributed by atoms with E-state index in [0.717, 1.165) is 18.4 Å². The number of rotatable bonds is 5. The van der Waals surface area contributed by atoms with Crippen molar-refractivity contribution < 1.29 is 9.59 Å². The van der Waals surface area contributed by atoms with E-state index >= 15 is 0 Å². The SMILES string of the molecule is CC(C)[C@H](N)C(=O)NCC(=O)N1CCCC1c1cccnc1.Cl. The van der Waals surface area contributed by atoms with E-state index in [1.54, 1.807) is 12.4 Å². The third kappa shape index (κ3) is 4.91. The standard InChI is InChI=1S/C16H24N4O2.ClH/c1-11(2)15(17)16(22)19-10-14(21)20-8-4-6-13(20)12-5-3-7-18-9-12;/h3,5,7,9,11,13,15H,4,6,8,10,17H2,1-2H3,(H,19,22);1H/t13?,15-;/m0./s1. The van der Waals surface area contributed by atoms with Crippen molar-refractivity contribution in [1.29, 1.82) is 0 Å². The van der Waals surface area contributed by atoms with Crippen molar-refractivity contribution in [3.8, 4) is 0 Å². The number of carbonyl (C=O) groups is 2. The van der Waals surface area contributed by atoms with Crippen LogP contribution in [0.3, 0.4) is 0 Å². The van der Waals surface area contributed by atoms with Gasteiger partial charge in [-0.25, -0.2) is 0 Å². The molecule has 1 aromatic rings. The molecule has 1 aliphatic heterocycles. The third-order valence-electron chi connectivity index (χ3n) is 4.08. The van der Waals surface area contributed by atoms with Crippen molar-refractivity contribution in [2.45, 2.75) is 38.8 Å². The van der Waals surface area contributed by atoms with E-state index in [1.807, 2.05) is 30.9 Å². The molecule has 3 N–H and O–H groups in total. The fourth-order valence-corrected chi connectivity index (χ4v) is 2.67. The van der Waals surface area contributed by atoms with Crippen molar-refractivity contribution in [3.05, 3.63) is 30.1 Å². The first-order valence-corrected chi connectivity index (χ1v) is 7.73. The molecule has 1 aliphatic rings. The number of pyridine rings is 1. The Hall–Kier alpha value is -1.66. The number of nitrogens with two attached hydrogens (primary N) is 1. The monoisotopic (exact) mass is 340 g/mol. The van der Waals surface area contributed by atoms with Gasteiger partial charge in [0.1, 0.15) is 0 Å². The van der Waals surface area contributed by atoms with Crippen molar-refractivity contribution in [3.63, 3.8) is 0 Å². The molecular weight excluding hydrogens is 316 g/mol. The zero-order chi connectivity index (χ0) is 16.1. The molecule has 0 bridgehead atoms. The van der Waals surface area contributed by atoms with Gasteiger partial charge in [0.15, 0.2) is 0 Å². The van der Waals surface area contributed by atoms with E-state index in [4.69, 9.17) is 5.73 Å². The van der Waals surface area contributed by atoms with Crippen LogP contribution in [-0.2, 0) is 9.59 Å². The van der Waals surface area contributed by atoms with Crippen LogP contribution in [0.1, 0.15) is 38.3 Å². The first-order chi connectivity index (χ1) is 10.5. The summed E-state index contributed by atoms with van der Waals surface area (Å²) in [6.45, 7) is 4.47. The van der Waals surface area contributed by atoms with Gasteiger partial charge in [-0.3, -0.25) is 14.6 Å². The largest absolute Gasteiger partial charge is 0.346 e. The van der Waals surface area contributed by atoms with Gasteiger partial charge in [0.25, 0.3) is 0 Å². The van der Waals surface area contributed by atoms with Crippen molar-refractivity contribution in [2.24, 2.45) is 11.7 Å². The van der Waals surface area contributed by atoms with E-state index in [0.29, 0.717) is 6.54 Å². The van der Waals surface area contributed by atoms with Crippen LogP contribution in [0.25, 0.3) is 0 Å². The summed E-state index contributed by atoms with van der Waals surface area (Å²) in [5.74, 6) is -0.304. The van der Waals surface area contributed by atoms with Crippen molar-refractivity contribution in [1.82, 2.24) is 15.2 Å². The summed E-state index contributed by atoms with van der Waals surface area (Å²) in [4.78, 5) is 30.1. The van der Waals surface area contributed by atoms with E-state index in [-0.39, 0.29) is 42.7 Å². The molecule has 0 aromatic carbocycles. The molecule has 128 valence electrons. The first-order valence-electron chi connectivity index (χ1n) is 7.73. The molecule has 6 nitrogen and oxygen atoms in total. The van der Waals surface area contributed by atoms with Gasteiger partial charge in [-0.1, -0.05) is 19.9 Å². The lowest BCUT2D eigenvalue weighted by atomic mass is 10.1. The minimum atomic E-state index is -0.583. The van der Waals surface area contributed by atoms with Crippen LogP contribution in [0.4, 0.5) is 0 Å². The predicted octanol–water partition coefficient (Wildman–Crippen LogP) is 1.27. The molecule has 23 heavy (non-hydrogen) atoms. The summed E-state index contributed by atoms with van der Waals surface area (Å²) < 4.78 is 0. The summed E-state index contributed by atoms with van der Waals surface area (Å²) in [5.41, 5.74) is 6.81. The molecule has 7 heteroatoms. The molecule has 0 radical (unpaired) electrons. The number of aromatic nitrogens is 1. The molecule has 2 heterocycles. The topological polar surface area (TPSA) is 88.3 Å². The van der Waals surface area contributed by atoms with Gasteiger partial charge in [-0.05, 0) is 30.4 Å². The fourth-order valence-electron chi connectivity index (χ4n) is 2.67.